The van der Waals surface area contributed by atoms with E-state index in [1.54, 1.807) is 19.4 Å². The number of carbonyl (C=O) groups is 1. The van der Waals surface area contributed by atoms with Crippen LogP contribution in [0.25, 0.3) is 11.1 Å². The van der Waals surface area contributed by atoms with E-state index in [1.807, 2.05) is 17.0 Å². The number of nitrogens with two attached hydrogens (primary N) is 1. The minimum atomic E-state index is -0.0314. The summed E-state index contributed by atoms with van der Waals surface area (Å²) in [5.41, 5.74) is 7.86. The van der Waals surface area contributed by atoms with Gasteiger partial charge in [0.05, 0.1) is 12.1 Å². The van der Waals surface area contributed by atoms with Crippen molar-refractivity contribution in [3.8, 4) is 11.1 Å². The van der Waals surface area contributed by atoms with Crippen molar-refractivity contribution in [2.75, 3.05) is 30.8 Å². The first-order valence-electron chi connectivity index (χ1n) is 6.78. The number of anilines is 2. The summed E-state index contributed by atoms with van der Waals surface area (Å²) in [7, 11) is 1.64. The molecule has 0 atom stereocenters. The highest BCUT2D eigenvalue weighted by Gasteiger charge is 2.20. The molecule has 2 aromatic rings. The van der Waals surface area contributed by atoms with Crippen LogP contribution in [-0.2, 0) is 4.79 Å². The zero-order valence-corrected chi connectivity index (χ0v) is 13.0. The van der Waals surface area contributed by atoms with Crippen molar-refractivity contribution in [1.29, 1.82) is 0 Å². The molecule has 0 aliphatic rings. The average Bonchev–Trinajstić information content (AvgIpc) is 2.89. The van der Waals surface area contributed by atoms with Gasteiger partial charge in [-0.1, -0.05) is 6.92 Å². The maximum absolute atomic E-state index is 11.7. The van der Waals surface area contributed by atoms with Gasteiger partial charge >= 0.3 is 0 Å². The van der Waals surface area contributed by atoms with Crippen molar-refractivity contribution < 1.29 is 4.79 Å². The first-order valence-corrected chi connectivity index (χ1v) is 7.55. The fraction of sp³-hybridized carbons (Fsp3) is 0.357. The molecule has 0 saturated carbocycles. The van der Waals surface area contributed by atoms with Gasteiger partial charge < -0.3 is 16.0 Å². The van der Waals surface area contributed by atoms with E-state index in [1.165, 1.54) is 11.5 Å². The van der Waals surface area contributed by atoms with Crippen LogP contribution < -0.4 is 16.0 Å². The van der Waals surface area contributed by atoms with Crippen LogP contribution in [0.4, 0.5) is 10.8 Å². The first kappa shape index (κ1) is 15.2. The summed E-state index contributed by atoms with van der Waals surface area (Å²) in [6.45, 7) is 3.14. The number of nitrogen functional groups attached to an aromatic ring is 1. The summed E-state index contributed by atoms with van der Waals surface area (Å²) in [5, 5.41) is 3.57. The number of rotatable bonds is 6. The second kappa shape index (κ2) is 7.03. The van der Waals surface area contributed by atoms with Crippen molar-refractivity contribution in [1.82, 2.24) is 14.7 Å². The molecule has 1 amide bonds. The van der Waals surface area contributed by atoms with Crippen LogP contribution in [0.1, 0.15) is 13.3 Å². The van der Waals surface area contributed by atoms with Crippen LogP contribution in [0.5, 0.6) is 0 Å². The average molecular weight is 305 g/mol. The second-order valence-electron chi connectivity index (χ2n) is 4.58. The SMILES string of the molecule is CCCN(CC(=O)NC)c1snc(N)c1-c1ccncc1. The molecule has 21 heavy (non-hydrogen) atoms. The van der Waals surface area contributed by atoms with Crippen LogP contribution in [0, 0.1) is 0 Å². The van der Waals surface area contributed by atoms with E-state index < -0.39 is 0 Å². The zero-order valence-electron chi connectivity index (χ0n) is 12.2. The van der Waals surface area contributed by atoms with E-state index >= 15 is 0 Å². The lowest BCUT2D eigenvalue weighted by Gasteiger charge is -2.22. The van der Waals surface area contributed by atoms with E-state index in [9.17, 15) is 4.79 Å². The maximum Gasteiger partial charge on any atom is 0.239 e. The molecule has 2 heterocycles. The Morgan fingerprint density at radius 3 is 2.76 bits per heavy atom. The Morgan fingerprint density at radius 1 is 1.43 bits per heavy atom. The molecule has 0 aliphatic heterocycles. The molecular formula is C14H19N5OS. The van der Waals surface area contributed by atoms with E-state index in [2.05, 4.69) is 21.6 Å². The third kappa shape index (κ3) is 3.49. The molecule has 0 bridgehead atoms. The van der Waals surface area contributed by atoms with Crippen molar-refractivity contribution in [2.45, 2.75) is 13.3 Å². The lowest BCUT2D eigenvalue weighted by Crippen LogP contribution is -2.36. The molecule has 7 heteroatoms. The van der Waals surface area contributed by atoms with Gasteiger partial charge in [-0.2, -0.15) is 4.37 Å². The van der Waals surface area contributed by atoms with Crippen LogP contribution in [0.2, 0.25) is 0 Å². The van der Waals surface area contributed by atoms with Gasteiger partial charge in [0.25, 0.3) is 0 Å². The van der Waals surface area contributed by atoms with Gasteiger partial charge in [-0.05, 0) is 35.6 Å². The highest BCUT2D eigenvalue weighted by atomic mass is 32.1. The standard InChI is InChI=1S/C14H19N5OS/c1-3-8-19(9-11(20)16-2)14-12(13(15)18-21-14)10-4-6-17-7-5-10/h4-7H,3,8-9H2,1-2H3,(H2,15,18)(H,16,20). The molecule has 112 valence electrons. The largest absolute Gasteiger partial charge is 0.382 e. The number of carbonyl (C=O) groups excluding carboxylic acids is 1. The molecule has 0 radical (unpaired) electrons. The lowest BCUT2D eigenvalue weighted by atomic mass is 10.1. The molecule has 0 aliphatic carbocycles. The molecule has 6 nitrogen and oxygen atoms in total. The monoisotopic (exact) mass is 305 g/mol. The summed E-state index contributed by atoms with van der Waals surface area (Å²) < 4.78 is 4.25. The lowest BCUT2D eigenvalue weighted by molar-refractivity contribution is -0.119. The summed E-state index contributed by atoms with van der Waals surface area (Å²) in [5.74, 6) is 0.454. The van der Waals surface area contributed by atoms with Gasteiger partial charge in [0, 0.05) is 26.0 Å². The van der Waals surface area contributed by atoms with Gasteiger partial charge in [-0.25, -0.2) is 0 Å². The van der Waals surface area contributed by atoms with Gasteiger partial charge in [-0.3, -0.25) is 9.78 Å². The Labute approximate surface area is 128 Å². The zero-order chi connectivity index (χ0) is 15.2. The molecular weight excluding hydrogens is 286 g/mol. The predicted molar refractivity (Wildman–Crippen MR) is 86.3 cm³/mol. The number of nitrogens with zero attached hydrogens (tertiary/aromatic N) is 3. The van der Waals surface area contributed by atoms with Gasteiger partial charge in [-0.15, -0.1) is 0 Å². The van der Waals surface area contributed by atoms with Crippen molar-refractivity contribution in [2.24, 2.45) is 0 Å². The number of hydrogen-bond acceptors (Lipinski definition) is 6. The van der Waals surface area contributed by atoms with Crippen molar-refractivity contribution in [3.63, 3.8) is 0 Å². The summed E-state index contributed by atoms with van der Waals surface area (Å²) in [4.78, 5) is 17.8. The quantitative estimate of drug-likeness (QED) is 0.849. The molecule has 0 fully saturated rings. The third-order valence-electron chi connectivity index (χ3n) is 3.06. The van der Waals surface area contributed by atoms with Gasteiger partial charge in [0.2, 0.25) is 5.91 Å². The Morgan fingerprint density at radius 2 is 2.14 bits per heavy atom. The fourth-order valence-electron chi connectivity index (χ4n) is 2.07. The van der Waals surface area contributed by atoms with Crippen LogP contribution in [0.15, 0.2) is 24.5 Å². The number of aromatic nitrogens is 2. The van der Waals surface area contributed by atoms with Crippen LogP contribution in [0.3, 0.4) is 0 Å². The molecule has 0 aromatic carbocycles. The molecule has 0 unspecified atom stereocenters. The number of likely N-dealkylation sites (N-methyl/N-ethyl adjacent to an activating group) is 1. The highest BCUT2D eigenvalue weighted by molar-refractivity contribution is 7.11. The van der Waals surface area contributed by atoms with E-state index in [-0.39, 0.29) is 5.91 Å². The number of pyridine rings is 1. The van der Waals surface area contributed by atoms with E-state index in [0.29, 0.717) is 12.4 Å². The number of nitrogens with one attached hydrogen (secondary N) is 1. The van der Waals surface area contributed by atoms with Crippen molar-refractivity contribution >= 4 is 28.3 Å². The van der Waals surface area contributed by atoms with Crippen LogP contribution >= 0.6 is 11.5 Å². The minimum absolute atomic E-state index is 0.0314. The Hall–Kier alpha value is -2.15. The molecule has 0 saturated heterocycles. The molecule has 3 N–H and O–H groups in total. The van der Waals surface area contributed by atoms with E-state index in [4.69, 9.17) is 5.73 Å². The van der Waals surface area contributed by atoms with Crippen molar-refractivity contribution in [3.05, 3.63) is 24.5 Å². The first-order chi connectivity index (χ1) is 10.2. The second-order valence-corrected chi connectivity index (χ2v) is 5.33. The summed E-state index contributed by atoms with van der Waals surface area (Å²) in [6, 6.07) is 3.79. The van der Waals surface area contributed by atoms with Crippen LogP contribution in [-0.4, -0.2) is 35.4 Å². The maximum atomic E-state index is 11.7. The molecule has 0 spiro atoms. The summed E-state index contributed by atoms with van der Waals surface area (Å²) in [6.07, 6.45) is 4.38. The topological polar surface area (TPSA) is 84.1 Å². The van der Waals surface area contributed by atoms with Gasteiger partial charge in [0.15, 0.2) is 0 Å². The van der Waals surface area contributed by atoms with Gasteiger partial charge in [0.1, 0.15) is 10.8 Å². The Balaban J connectivity index is 2.40. The Bertz CT molecular complexity index is 599. The molecule has 2 aromatic heterocycles. The number of amides is 1. The third-order valence-corrected chi connectivity index (χ3v) is 3.99. The summed E-state index contributed by atoms with van der Waals surface area (Å²) >= 11 is 1.32. The fourth-order valence-corrected chi connectivity index (χ4v) is 2.93. The highest BCUT2D eigenvalue weighted by Crippen LogP contribution is 2.39. The predicted octanol–water partition coefficient (Wildman–Crippen LogP) is 1.75. The Kier molecular flexibility index (Phi) is 5.10. The normalized spacial score (nSPS) is 10.4. The smallest absolute Gasteiger partial charge is 0.239 e. The molecule has 2 rings (SSSR count). The minimum Gasteiger partial charge on any atom is -0.382 e. The van der Waals surface area contributed by atoms with E-state index in [0.717, 1.165) is 29.1 Å². The number of hydrogen-bond donors (Lipinski definition) is 2.